The lowest BCUT2D eigenvalue weighted by Crippen LogP contribution is -2.29. The van der Waals surface area contributed by atoms with Crippen LogP contribution < -0.4 is 5.32 Å². The largest absolute Gasteiger partial charge is 0.314 e. The molecule has 0 spiro atoms. The van der Waals surface area contributed by atoms with E-state index in [1.54, 1.807) is 6.33 Å². The van der Waals surface area contributed by atoms with Crippen molar-refractivity contribution in [2.45, 2.75) is 58.4 Å². The topological polar surface area (TPSA) is 53.6 Å². The number of H-pyrrole nitrogens is 1. The van der Waals surface area contributed by atoms with E-state index in [0.29, 0.717) is 6.04 Å². The summed E-state index contributed by atoms with van der Waals surface area (Å²) in [7, 11) is 0. The molecule has 1 atom stereocenters. The minimum Gasteiger partial charge on any atom is -0.314 e. The Morgan fingerprint density at radius 2 is 2.25 bits per heavy atom. The molecule has 0 fully saturated rings. The maximum atomic E-state index is 4.11. The summed E-state index contributed by atoms with van der Waals surface area (Å²) in [5, 5.41) is 10.3. The minimum absolute atomic E-state index is 0.690. The fourth-order valence-corrected chi connectivity index (χ4v) is 1.81. The predicted octanol–water partition coefficient (Wildman–Crippen LogP) is 2.30. The average Bonchev–Trinajstić information content (AvgIpc) is 2.81. The summed E-state index contributed by atoms with van der Waals surface area (Å²) in [4.78, 5) is 4.11. The number of aromatic nitrogens is 3. The van der Waals surface area contributed by atoms with Crippen LogP contribution in [0, 0.1) is 0 Å². The molecule has 0 amide bonds. The van der Waals surface area contributed by atoms with E-state index in [9.17, 15) is 0 Å². The van der Waals surface area contributed by atoms with Gasteiger partial charge in [0, 0.05) is 12.5 Å². The van der Waals surface area contributed by atoms with Crippen molar-refractivity contribution in [3.8, 4) is 0 Å². The van der Waals surface area contributed by atoms with Crippen molar-refractivity contribution in [1.29, 1.82) is 0 Å². The van der Waals surface area contributed by atoms with Crippen LogP contribution in [0.15, 0.2) is 6.33 Å². The third-order valence-electron chi connectivity index (χ3n) is 2.89. The molecule has 0 aliphatic rings. The molecular formula is C12H24N4. The van der Waals surface area contributed by atoms with Gasteiger partial charge in [0.15, 0.2) is 0 Å². The SMILES string of the molecule is CCCCC(CC)NCCCc1ncn[nH]1. The van der Waals surface area contributed by atoms with Crippen LogP contribution in [0.3, 0.4) is 0 Å². The number of nitrogens with one attached hydrogen (secondary N) is 2. The van der Waals surface area contributed by atoms with Gasteiger partial charge in [-0.3, -0.25) is 5.10 Å². The van der Waals surface area contributed by atoms with Gasteiger partial charge in [0.1, 0.15) is 12.2 Å². The van der Waals surface area contributed by atoms with Gasteiger partial charge in [-0.2, -0.15) is 5.10 Å². The Labute approximate surface area is 98.2 Å². The summed E-state index contributed by atoms with van der Waals surface area (Å²) >= 11 is 0. The Morgan fingerprint density at radius 3 is 2.88 bits per heavy atom. The van der Waals surface area contributed by atoms with E-state index < -0.39 is 0 Å². The molecule has 0 aromatic carbocycles. The zero-order valence-corrected chi connectivity index (χ0v) is 10.5. The average molecular weight is 224 g/mol. The van der Waals surface area contributed by atoms with E-state index in [1.165, 1.54) is 25.7 Å². The Balaban J connectivity index is 2.04. The van der Waals surface area contributed by atoms with Gasteiger partial charge in [-0.15, -0.1) is 0 Å². The highest BCUT2D eigenvalue weighted by Gasteiger charge is 2.04. The number of unbranched alkanes of at least 4 members (excludes halogenated alkanes) is 1. The van der Waals surface area contributed by atoms with Crippen LogP contribution in [0.1, 0.15) is 51.8 Å². The van der Waals surface area contributed by atoms with Gasteiger partial charge >= 0.3 is 0 Å². The van der Waals surface area contributed by atoms with Gasteiger partial charge in [-0.1, -0.05) is 26.7 Å². The van der Waals surface area contributed by atoms with Crippen LogP contribution in [0.2, 0.25) is 0 Å². The lowest BCUT2D eigenvalue weighted by atomic mass is 10.1. The summed E-state index contributed by atoms with van der Waals surface area (Å²) in [6, 6.07) is 0.690. The molecule has 0 bridgehead atoms. The molecule has 92 valence electrons. The Kier molecular flexibility index (Phi) is 6.81. The minimum atomic E-state index is 0.690. The zero-order chi connectivity index (χ0) is 11.6. The molecule has 1 rings (SSSR count). The van der Waals surface area contributed by atoms with E-state index in [4.69, 9.17) is 0 Å². The Hall–Kier alpha value is -0.900. The fraction of sp³-hybridized carbons (Fsp3) is 0.833. The van der Waals surface area contributed by atoms with Gasteiger partial charge in [0.25, 0.3) is 0 Å². The number of hydrogen-bond acceptors (Lipinski definition) is 3. The lowest BCUT2D eigenvalue weighted by molar-refractivity contribution is 0.448. The summed E-state index contributed by atoms with van der Waals surface area (Å²) in [5.74, 6) is 0.989. The summed E-state index contributed by atoms with van der Waals surface area (Å²) < 4.78 is 0. The summed E-state index contributed by atoms with van der Waals surface area (Å²) in [6.45, 7) is 5.57. The van der Waals surface area contributed by atoms with Crippen LogP contribution >= 0.6 is 0 Å². The van der Waals surface area contributed by atoms with Crippen LogP contribution in [0.25, 0.3) is 0 Å². The molecule has 0 saturated heterocycles. The third kappa shape index (κ3) is 5.26. The smallest absolute Gasteiger partial charge is 0.137 e. The summed E-state index contributed by atoms with van der Waals surface area (Å²) in [5.41, 5.74) is 0. The van der Waals surface area contributed by atoms with Crippen molar-refractivity contribution in [3.63, 3.8) is 0 Å². The quantitative estimate of drug-likeness (QED) is 0.633. The first-order valence-electron chi connectivity index (χ1n) is 6.44. The van der Waals surface area contributed by atoms with Gasteiger partial charge in [-0.25, -0.2) is 4.98 Å². The van der Waals surface area contributed by atoms with E-state index >= 15 is 0 Å². The zero-order valence-electron chi connectivity index (χ0n) is 10.5. The first-order valence-corrected chi connectivity index (χ1v) is 6.44. The monoisotopic (exact) mass is 224 g/mol. The van der Waals surface area contributed by atoms with E-state index in [1.807, 2.05) is 0 Å². The van der Waals surface area contributed by atoms with E-state index in [0.717, 1.165) is 25.2 Å². The van der Waals surface area contributed by atoms with Gasteiger partial charge in [0.05, 0.1) is 0 Å². The first-order chi connectivity index (χ1) is 7.86. The van der Waals surface area contributed by atoms with Crippen molar-refractivity contribution in [2.75, 3.05) is 6.54 Å². The van der Waals surface area contributed by atoms with Crippen molar-refractivity contribution in [3.05, 3.63) is 12.2 Å². The molecule has 16 heavy (non-hydrogen) atoms. The second kappa shape index (κ2) is 8.28. The van der Waals surface area contributed by atoms with Gasteiger partial charge in [0.2, 0.25) is 0 Å². The second-order valence-corrected chi connectivity index (χ2v) is 4.24. The molecule has 1 heterocycles. The van der Waals surface area contributed by atoms with Gasteiger partial charge in [-0.05, 0) is 25.8 Å². The highest BCUT2D eigenvalue weighted by molar-refractivity contribution is 4.80. The van der Waals surface area contributed by atoms with Crippen LogP contribution in [-0.2, 0) is 6.42 Å². The normalized spacial score (nSPS) is 12.9. The molecule has 0 saturated carbocycles. The molecule has 0 aliphatic carbocycles. The molecule has 4 heteroatoms. The molecule has 1 unspecified atom stereocenters. The van der Waals surface area contributed by atoms with Crippen molar-refractivity contribution in [2.24, 2.45) is 0 Å². The number of aryl methyl sites for hydroxylation is 1. The standard InChI is InChI=1S/C12H24N4/c1-3-5-7-11(4-2)13-9-6-8-12-14-10-15-16-12/h10-11,13H,3-9H2,1-2H3,(H,14,15,16). The molecular weight excluding hydrogens is 200 g/mol. The molecule has 2 N–H and O–H groups in total. The highest BCUT2D eigenvalue weighted by atomic mass is 15.2. The van der Waals surface area contributed by atoms with Crippen LogP contribution in [0.4, 0.5) is 0 Å². The maximum Gasteiger partial charge on any atom is 0.137 e. The molecule has 1 aromatic heterocycles. The molecule has 4 nitrogen and oxygen atoms in total. The number of aromatic amines is 1. The van der Waals surface area contributed by atoms with Crippen molar-refractivity contribution >= 4 is 0 Å². The first kappa shape index (κ1) is 13.2. The fourth-order valence-electron chi connectivity index (χ4n) is 1.81. The predicted molar refractivity (Wildman–Crippen MR) is 66.3 cm³/mol. The number of rotatable bonds is 9. The van der Waals surface area contributed by atoms with Crippen LogP contribution in [-0.4, -0.2) is 27.8 Å². The van der Waals surface area contributed by atoms with E-state index in [-0.39, 0.29) is 0 Å². The van der Waals surface area contributed by atoms with Crippen molar-refractivity contribution in [1.82, 2.24) is 20.5 Å². The third-order valence-corrected chi connectivity index (χ3v) is 2.89. The van der Waals surface area contributed by atoms with Gasteiger partial charge < -0.3 is 5.32 Å². The maximum absolute atomic E-state index is 4.11. The molecule has 1 aromatic rings. The number of hydrogen-bond donors (Lipinski definition) is 2. The number of nitrogens with zero attached hydrogens (tertiary/aromatic N) is 2. The Morgan fingerprint density at radius 1 is 1.38 bits per heavy atom. The van der Waals surface area contributed by atoms with Crippen molar-refractivity contribution < 1.29 is 0 Å². The lowest BCUT2D eigenvalue weighted by Gasteiger charge is -2.16. The summed E-state index contributed by atoms with van der Waals surface area (Å²) in [6.07, 6.45) is 8.81. The van der Waals surface area contributed by atoms with Crippen LogP contribution in [0.5, 0.6) is 0 Å². The second-order valence-electron chi connectivity index (χ2n) is 4.24. The molecule has 0 aliphatic heterocycles. The molecule has 0 radical (unpaired) electrons. The van der Waals surface area contributed by atoms with E-state index in [2.05, 4.69) is 34.3 Å². The Bertz CT molecular complexity index is 246. The highest BCUT2D eigenvalue weighted by Crippen LogP contribution is 2.04.